The van der Waals surface area contributed by atoms with Crippen molar-refractivity contribution < 1.29 is 23.1 Å². The van der Waals surface area contributed by atoms with Gasteiger partial charge in [0.05, 0.1) is 24.3 Å². The van der Waals surface area contributed by atoms with Crippen LogP contribution in [0.1, 0.15) is 23.6 Å². The zero-order valence-electron chi connectivity index (χ0n) is 19.3. The van der Waals surface area contributed by atoms with Crippen LogP contribution in [0.3, 0.4) is 0 Å². The molecule has 10 heteroatoms. The fraction of sp³-hybridized carbons (Fsp3) is 0.200. The maximum atomic E-state index is 13.3. The molecule has 184 valence electrons. The predicted octanol–water partition coefficient (Wildman–Crippen LogP) is 4.09. The first-order valence-electron chi connectivity index (χ1n) is 10.8. The molecular formula is C25H26ClN3O5S. The third-order valence-corrected chi connectivity index (χ3v) is 6.99. The number of para-hydroxylation sites is 1. The van der Waals surface area contributed by atoms with Crippen LogP contribution in [0.5, 0.6) is 11.5 Å². The lowest BCUT2D eigenvalue weighted by atomic mass is 10.1. The summed E-state index contributed by atoms with van der Waals surface area (Å²) >= 11 is 5.90. The van der Waals surface area contributed by atoms with Crippen molar-refractivity contribution >= 4 is 33.7 Å². The minimum absolute atomic E-state index is 0.0129. The third kappa shape index (κ3) is 7.05. The van der Waals surface area contributed by atoms with Crippen LogP contribution in [-0.2, 0) is 21.4 Å². The summed E-state index contributed by atoms with van der Waals surface area (Å²) in [5, 5.41) is 14.5. The van der Waals surface area contributed by atoms with Crippen molar-refractivity contribution in [3.63, 3.8) is 0 Å². The number of benzene rings is 3. The van der Waals surface area contributed by atoms with Crippen molar-refractivity contribution in [3.05, 3.63) is 88.4 Å². The Balaban J connectivity index is 1.79. The first-order valence-corrected chi connectivity index (χ1v) is 12.6. The summed E-state index contributed by atoms with van der Waals surface area (Å²) in [5.74, 6) is -0.466. The van der Waals surface area contributed by atoms with Crippen LogP contribution in [-0.4, -0.2) is 43.1 Å². The summed E-state index contributed by atoms with van der Waals surface area (Å²) in [7, 11) is -4.01. The van der Waals surface area contributed by atoms with E-state index < -0.39 is 22.5 Å². The van der Waals surface area contributed by atoms with Crippen molar-refractivity contribution in [2.75, 3.05) is 13.2 Å². The molecule has 0 fully saturated rings. The van der Waals surface area contributed by atoms with Gasteiger partial charge in [0.2, 0.25) is 10.0 Å². The van der Waals surface area contributed by atoms with Gasteiger partial charge in [-0.15, -0.1) is 0 Å². The van der Waals surface area contributed by atoms with E-state index in [1.807, 2.05) is 25.1 Å². The summed E-state index contributed by atoms with van der Waals surface area (Å²) in [6.45, 7) is 3.59. The fourth-order valence-electron chi connectivity index (χ4n) is 3.28. The van der Waals surface area contributed by atoms with Crippen molar-refractivity contribution in [2.24, 2.45) is 5.10 Å². The van der Waals surface area contributed by atoms with Gasteiger partial charge in [-0.2, -0.15) is 9.41 Å². The van der Waals surface area contributed by atoms with Gasteiger partial charge in [0.15, 0.2) is 11.5 Å². The molecule has 1 amide bonds. The van der Waals surface area contributed by atoms with Gasteiger partial charge in [0.1, 0.15) is 0 Å². The smallest absolute Gasteiger partial charge is 0.255 e. The molecule has 0 heterocycles. The summed E-state index contributed by atoms with van der Waals surface area (Å²) in [5.41, 5.74) is 4.36. The number of rotatable bonds is 10. The Morgan fingerprint density at radius 1 is 1.14 bits per heavy atom. The minimum Gasteiger partial charge on any atom is -0.504 e. The number of phenols is 1. The second-order valence-electron chi connectivity index (χ2n) is 7.64. The maximum absolute atomic E-state index is 13.3. The number of phenolic OH excluding ortho intramolecular Hbond substituents is 1. The maximum Gasteiger partial charge on any atom is 0.255 e. The molecular weight excluding hydrogens is 490 g/mol. The second-order valence-corrected chi connectivity index (χ2v) is 10.0. The third-order valence-electron chi connectivity index (χ3n) is 4.94. The lowest BCUT2D eigenvalue weighted by molar-refractivity contribution is -0.121. The molecule has 0 aliphatic rings. The number of halogens is 1. The number of hydrazone groups is 1. The average Bonchev–Trinajstić information content (AvgIpc) is 2.81. The molecule has 0 unspecified atom stereocenters. The molecule has 0 atom stereocenters. The lowest BCUT2D eigenvalue weighted by Crippen LogP contribution is -2.39. The standard InChI is InChI=1S/C25H26ClN3O5S/c1-3-34-23-9-5-8-20(25(23)31)15-27-28-24(30)17-29(16-19-7-4-6-18(2)14-19)35(32,33)22-12-10-21(26)11-13-22/h4-15,31H,3,16-17H2,1-2H3,(H,28,30)/b27-15-. The number of ether oxygens (including phenoxy) is 1. The van der Waals surface area contributed by atoms with E-state index >= 15 is 0 Å². The van der Waals surface area contributed by atoms with E-state index in [9.17, 15) is 18.3 Å². The molecule has 0 saturated carbocycles. The Morgan fingerprint density at radius 3 is 2.54 bits per heavy atom. The molecule has 8 nitrogen and oxygen atoms in total. The summed E-state index contributed by atoms with van der Waals surface area (Å²) in [4.78, 5) is 12.7. The predicted molar refractivity (Wildman–Crippen MR) is 135 cm³/mol. The number of nitrogens with one attached hydrogen (secondary N) is 1. The molecule has 0 aromatic heterocycles. The van der Waals surface area contributed by atoms with E-state index in [1.54, 1.807) is 31.2 Å². The molecule has 0 aliphatic carbocycles. The Labute approximate surface area is 209 Å². The van der Waals surface area contributed by atoms with E-state index in [4.69, 9.17) is 16.3 Å². The molecule has 2 N–H and O–H groups in total. The van der Waals surface area contributed by atoms with E-state index in [1.165, 1.54) is 30.5 Å². The summed E-state index contributed by atoms with van der Waals surface area (Å²) < 4.78 is 33.1. The van der Waals surface area contributed by atoms with Crippen molar-refractivity contribution in [3.8, 4) is 11.5 Å². The molecule has 0 aliphatic heterocycles. The Bertz CT molecular complexity index is 1310. The monoisotopic (exact) mass is 515 g/mol. The Kier molecular flexibility index (Phi) is 8.86. The minimum atomic E-state index is -4.01. The Morgan fingerprint density at radius 2 is 1.86 bits per heavy atom. The van der Waals surface area contributed by atoms with Crippen molar-refractivity contribution in [1.29, 1.82) is 0 Å². The molecule has 3 aromatic carbocycles. The molecule has 3 aromatic rings. The zero-order valence-corrected chi connectivity index (χ0v) is 20.9. The first kappa shape index (κ1) is 26.2. The highest BCUT2D eigenvalue weighted by Gasteiger charge is 2.27. The van der Waals surface area contributed by atoms with Gasteiger partial charge in [0, 0.05) is 17.1 Å². The van der Waals surface area contributed by atoms with Gasteiger partial charge in [0.25, 0.3) is 5.91 Å². The van der Waals surface area contributed by atoms with Gasteiger partial charge in [-0.3, -0.25) is 4.79 Å². The largest absolute Gasteiger partial charge is 0.504 e. The number of amides is 1. The van der Waals surface area contributed by atoms with E-state index in [0.717, 1.165) is 15.4 Å². The lowest BCUT2D eigenvalue weighted by Gasteiger charge is -2.21. The topological polar surface area (TPSA) is 108 Å². The molecule has 0 radical (unpaired) electrons. The number of carbonyl (C=O) groups is 1. The van der Waals surface area contributed by atoms with Crippen LogP contribution in [0.25, 0.3) is 0 Å². The van der Waals surface area contributed by atoms with E-state index in [0.29, 0.717) is 22.9 Å². The number of aromatic hydroxyl groups is 1. The van der Waals surface area contributed by atoms with Gasteiger partial charge in [-0.05, 0) is 55.8 Å². The van der Waals surface area contributed by atoms with Crippen LogP contribution in [0.4, 0.5) is 0 Å². The normalized spacial score (nSPS) is 11.7. The molecule has 3 rings (SSSR count). The van der Waals surface area contributed by atoms with Gasteiger partial charge in [-0.1, -0.05) is 47.5 Å². The zero-order chi connectivity index (χ0) is 25.4. The highest BCUT2D eigenvalue weighted by Crippen LogP contribution is 2.28. The number of sulfonamides is 1. The molecule has 0 saturated heterocycles. The number of hydrogen-bond donors (Lipinski definition) is 2. The number of hydrogen-bond acceptors (Lipinski definition) is 6. The van der Waals surface area contributed by atoms with Crippen LogP contribution in [0, 0.1) is 6.92 Å². The van der Waals surface area contributed by atoms with Crippen LogP contribution >= 0.6 is 11.6 Å². The summed E-state index contributed by atoms with van der Waals surface area (Å²) in [6.07, 6.45) is 1.26. The van der Waals surface area contributed by atoms with Gasteiger partial charge >= 0.3 is 0 Å². The molecule has 0 bridgehead atoms. The second kappa shape index (κ2) is 11.8. The number of carbonyl (C=O) groups excluding carboxylic acids is 1. The molecule has 35 heavy (non-hydrogen) atoms. The van der Waals surface area contributed by atoms with Crippen molar-refractivity contribution in [1.82, 2.24) is 9.73 Å². The van der Waals surface area contributed by atoms with Crippen LogP contribution in [0.2, 0.25) is 5.02 Å². The van der Waals surface area contributed by atoms with E-state index in [2.05, 4.69) is 10.5 Å². The fourth-order valence-corrected chi connectivity index (χ4v) is 4.79. The first-order chi connectivity index (χ1) is 16.7. The highest BCUT2D eigenvalue weighted by molar-refractivity contribution is 7.89. The Hall–Kier alpha value is -3.40. The van der Waals surface area contributed by atoms with Crippen LogP contribution < -0.4 is 10.2 Å². The number of aryl methyl sites for hydroxylation is 1. The average molecular weight is 516 g/mol. The van der Waals surface area contributed by atoms with Gasteiger partial charge < -0.3 is 9.84 Å². The molecule has 0 spiro atoms. The van der Waals surface area contributed by atoms with Crippen molar-refractivity contribution in [2.45, 2.75) is 25.3 Å². The summed E-state index contributed by atoms with van der Waals surface area (Å²) in [6, 6.07) is 18.0. The highest BCUT2D eigenvalue weighted by atomic mass is 35.5. The number of nitrogens with zero attached hydrogens (tertiary/aromatic N) is 2. The van der Waals surface area contributed by atoms with Gasteiger partial charge in [-0.25, -0.2) is 13.8 Å². The SMILES string of the molecule is CCOc1cccc(/C=N\NC(=O)CN(Cc2cccc(C)c2)S(=O)(=O)c2ccc(Cl)cc2)c1O. The van der Waals surface area contributed by atoms with Crippen LogP contribution in [0.15, 0.2) is 76.7 Å². The quantitative estimate of drug-likeness (QED) is 0.312. The van der Waals surface area contributed by atoms with E-state index in [-0.39, 0.29) is 17.2 Å².